The van der Waals surface area contributed by atoms with Crippen molar-refractivity contribution < 1.29 is 123 Å². The largest absolute Gasteiger partial charge is 0.465 e. The van der Waals surface area contributed by atoms with E-state index in [1.54, 1.807) is 0 Å². The van der Waals surface area contributed by atoms with Crippen LogP contribution in [0.4, 0.5) is 0 Å². The van der Waals surface area contributed by atoms with Crippen LogP contribution >= 0.6 is 0 Å². The maximum atomic E-state index is 12.1. The van der Waals surface area contributed by atoms with Gasteiger partial charge in [-0.25, -0.2) is 0 Å². The number of carbonyl (C=O) groups is 4. The van der Waals surface area contributed by atoms with Crippen LogP contribution in [0.15, 0.2) is 0 Å². The Hall–Kier alpha value is -2.84. The smallest absolute Gasteiger partial charge is 0.309 e. The average Bonchev–Trinajstić information content (AvgIpc) is 1.72. The molecule has 740 valence electrons. The average molecular weight is 1810 g/mol. The molecule has 26 nitrogen and oxygen atoms in total. The summed E-state index contributed by atoms with van der Waals surface area (Å²) in [7, 11) is 0. The molecule has 0 radical (unpaired) electrons. The third kappa shape index (κ3) is 62.4. The Labute approximate surface area is 766 Å². The zero-order chi connectivity index (χ0) is 88.5. The molecule has 10 saturated heterocycles. The number of hydrogen-bond donors (Lipinski definition) is 0. The highest BCUT2D eigenvalue weighted by molar-refractivity contribution is 5.82. The van der Waals surface area contributed by atoms with Crippen molar-refractivity contribution in [3.63, 3.8) is 0 Å². The van der Waals surface area contributed by atoms with Gasteiger partial charge >= 0.3 is 23.9 Å². The molecule has 0 N–H and O–H groups in total. The predicted octanol–water partition coefficient (Wildman–Crippen LogP) is 18.2. The highest BCUT2D eigenvalue weighted by Gasteiger charge is 2.40. The topological polar surface area (TPSA) is 304 Å². The molecule has 13 unspecified atom stereocenters. The van der Waals surface area contributed by atoms with Crippen LogP contribution in [0, 0.1) is 47.3 Å². The van der Waals surface area contributed by atoms with Gasteiger partial charge in [-0.3, -0.25) is 19.2 Å². The monoisotopic (exact) mass is 1810 g/mol. The van der Waals surface area contributed by atoms with Crippen LogP contribution < -0.4 is 0 Å². The zero-order valence-electron chi connectivity index (χ0n) is 79.3. The Kier molecular flexibility index (Phi) is 58.1. The first kappa shape index (κ1) is 109. The number of hydrogen-bond acceptors (Lipinski definition) is 26. The van der Waals surface area contributed by atoms with Gasteiger partial charge in [0.2, 0.25) is 0 Å². The molecule has 14 rings (SSSR count). The quantitative estimate of drug-likeness (QED) is 0.0236. The van der Waals surface area contributed by atoms with Crippen molar-refractivity contribution in [2.75, 3.05) is 178 Å². The molecule has 14 aliphatic rings. The van der Waals surface area contributed by atoms with Gasteiger partial charge in [0.25, 0.3) is 0 Å². The number of epoxide rings is 10. The van der Waals surface area contributed by atoms with Gasteiger partial charge in [-0.2, -0.15) is 0 Å². The molecule has 4 aliphatic carbocycles. The van der Waals surface area contributed by atoms with E-state index in [-0.39, 0.29) is 79.4 Å². The third-order valence-corrected chi connectivity index (χ3v) is 25.7. The fourth-order valence-electron chi connectivity index (χ4n) is 16.0. The van der Waals surface area contributed by atoms with E-state index in [2.05, 4.69) is 13.8 Å². The third-order valence-electron chi connectivity index (χ3n) is 25.7. The zero-order valence-corrected chi connectivity index (χ0v) is 79.3. The molecule has 10 aliphatic heterocycles. The first-order valence-corrected chi connectivity index (χ1v) is 51.3. The summed E-state index contributed by atoms with van der Waals surface area (Å²) in [5.41, 5.74) is -0.221. The molecule has 10 heterocycles. The van der Waals surface area contributed by atoms with Gasteiger partial charge in [0, 0.05) is 39.3 Å². The second kappa shape index (κ2) is 67.4. The molecule has 0 aromatic carbocycles. The Morgan fingerprint density at radius 3 is 1.08 bits per heavy atom. The van der Waals surface area contributed by atoms with E-state index in [4.69, 9.17) is 104 Å². The van der Waals surface area contributed by atoms with Crippen LogP contribution in [-0.2, 0) is 123 Å². The number of unbranched alkanes of at least 4 members (excludes halogenated alkanes) is 20. The summed E-state index contributed by atoms with van der Waals surface area (Å²) in [4.78, 5) is 48.0. The Morgan fingerprint density at radius 1 is 0.331 bits per heavy atom. The lowest BCUT2D eigenvalue weighted by Crippen LogP contribution is -2.35. The summed E-state index contributed by atoms with van der Waals surface area (Å²) >= 11 is 0. The van der Waals surface area contributed by atoms with E-state index >= 15 is 0 Å². The number of rotatable bonds is 73. The van der Waals surface area contributed by atoms with Gasteiger partial charge in [-0.1, -0.05) is 207 Å². The summed E-state index contributed by atoms with van der Waals surface area (Å²) in [5, 5.41) is 0. The fraction of sp³-hybridized carbons (Fsp3) is 0.960. The van der Waals surface area contributed by atoms with Crippen LogP contribution in [0.2, 0.25) is 0 Å². The Balaban J connectivity index is 0.000000205. The molecule has 0 bridgehead atoms. The summed E-state index contributed by atoms with van der Waals surface area (Å²) in [6, 6.07) is 0. The first-order valence-electron chi connectivity index (χ1n) is 51.3. The normalized spacial score (nSPS) is 26.8. The molecular formula is C101H180O26. The Bertz CT molecular complexity index is 2630. The maximum Gasteiger partial charge on any atom is 0.309 e. The number of ether oxygens (including phenoxy) is 22. The molecule has 0 aromatic rings. The maximum absolute atomic E-state index is 12.1. The highest BCUT2D eigenvalue weighted by atomic mass is 16.8. The number of carbonyl (C=O) groups excluding carboxylic acids is 4. The van der Waals surface area contributed by atoms with E-state index in [1.165, 1.54) is 193 Å². The molecule has 0 spiro atoms. The van der Waals surface area contributed by atoms with Crippen molar-refractivity contribution in [1.29, 1.82) is 0 Å². The van der Waals surface area contributed by atoms with Gasteiger partial charge in [-0.15, -0.1) is 0 Å². The van der Waals surface area contributed by atoms with Crippen molar-refractivity contribution in [2.45, 2.75) is 397 Å². The van der Waals surface area contributed by atoms with Gasteiger partial charge in [0.15, 0.2) is 6.29 Å². The van der Waals surface area contributed by atoms with Crippen molar-refractivity contribution in [2.24, 2.45) is 47.3 Å². The van der Waals surface area contributed by atoms with Crippen molar-refractivity contribution in [3.05, 3.63) is 0 Å². The SMILES string of the molecule is C.C(CC1CCC(COCC2CC2)CC1)OC1CO1.C(CCOCC1CO1)COCC1CO1.CC(C)(COCC1CO1)OCC1CO1.CC(COCC1CO1)OCC1CO1.CCCCCCCCC(CCCCCCCCC(=O)OCC1CO1)C(CCCCCCCC)CCCCCCCC(=O)OCC1CO1.O=C(OCC1CC1)[C@H]1CCCC[C@H]1C(=O)OCC1CO1. The van der Waals surface area contributed by atoms with Crippen molar-refractivity contribution >= 4 is 23.9 Å². The molecule has 26 heteroatoms. The van der Waals surface area contributed by atoms with Gasteiger partial charge in [-0.05, 0) is 140 Å². The molecule has 14 fully saturated rings. The van der Waals surface area contributed by atoms with E-state index in [0.29, 0.717) is 128 Å². The molecular weight excluding hydrogens is 1630 g/mol. The summed E-state index contributed by atoms with van der Waals surface area (Å²) in [6.45, 7) is 30.6. The summed E-state index contributed by atoms with van der Waals surface area (Å²) in [6.07, 6.45) is 56.8. The summed E-state index contributed by atoms with van der Waals surface area (Å²) in [5.74, 6) is 3.71. The molecule has 15 atom stereocenters. The summed E-state index contributed by atoms with van der Waals surface area (Å²) < 4.78 is 116. The minimum absolute atomic E-state index is 0. The van der Waals surface area contributed by atoms with Crippen LogP contribution in [0.5, 0.6) is 0 Å². The van der Waals surface area contributed by atoms with Crippen LogP contribution in [0.1, 0.15) is 325 Å². The standard InChI is InChI=1S/C41H76O6.C15H22O5.C15H26O3.2C10H18O4.C9H16O4.CH4/c1-3-5-7-9-14-20-26-36(28-22-16-11-12-18-24-30-40(42)46-34-38-32-44-38)37(27-21-15-10-8-6-4-2)29-23-17-13-19-25-31-41(43)47-35-39-33-45-39;16-14(19-7-10-5-6-10)12-3-1-2-4-13(12)15(17)20-9-11-8-18-11;1-3-13(9-16-10-14-5-6-14)4-2-12(1)7-8-17-15-11-18-15;1-10(2,14-6-9-5-13-9)7-11-3-8-4-12-8;1(3-11-5-9-7-13-9)2-4-12-6-10-8-14-10;1-7(11-4-9-6-13-9)2-10-3-8-5-12-8;/h36-39H,3-35H2,1-2H3;10-13H,1-9H2;12-15H,1-11H2;8-9H,3-7H2,1-2H3;9-10H,1-8H2;7-9H,2-6H2,1H3;1H4/t;11?,12-,13+;;;;;/m.0...../s1. The van der Waals surface area contributed by atoms with Crippen molar-refractivity contribution in [3.8, 4) is 0 Å². The van der Waals surface area contributed by atoms with Gasteiger partial charge < -0.3 is 104 Å². The van der Waals surface area contributed by atoms with Crippen molar-refractivity contribution in [1.82, 2.24) is 0 Å². The van der Waals surface area contributed by atoms with E-state index in [1.807, 2.05) is 20.8 Å². The van der Waals surface area contributed by atoms with Gasteiger partial charge in [0.05, 0.1) is 149 Å². The second-order valence-corrected chi connectivity index (χ2v) is 39.2. The molecule has 0 aromatic heterocycles. The first-order chi connectivity index (χ1) is 61.7. The van der Waals surface area contributed by atoms with Gasteiger partial charge in [0.1, 0.15) is 81.4 Å². The van der Waals surface area contributed by atoms with E-state index in [9.17, 15) is 19.2 Å². The van der Waals surface area contributed by atoms with Crippen LogP contribution in [-0.4, -0.2) is 275 Å². The minimum Gasteiger partial charge on any atom is -0.465 e. The number of esters is 4. The lowest BCUT2D eigenvalue weighted by Gasteiger charge is -2.28. The lowest BCUT2D eigenvalue weighted by atomic mass is 9.78. The lowest BCUT2D eigenvalue weighted by molar-refractivity contribution is -0.163. The minimum atomic E-state index is -0.325. The second-order valence-electron chi connectivity index (χ2n) is 39.2. The molecule has 0 amide bonds. The van der Waals surface area contributed by atoms with Crippen LogP contribution in [0.3, 0.4) is 0 Å². The van der Waals surface area contributed by atoms with E-state index in [0.717, 1.165) is 212 Å². The van der Waals surface area contributed by atoms with Crippen LogP contribution in [0.25, 0.3) is 0 Å². The molecule has 4 saturated carbocycles. The van der Waals surface area contributed by atoms with E-state index < -0.39 is 0 Å². The molecule has 127 heavy (non-hydrogen) atoms. The highest BCUT2D eigenvalue weighted by Crippen LogP contribution is 2.38. The predicted molar refractivity (Wildman–Crippen MR) is 486 cm³/mol. The Morgan fingerprint density at radius 2 is 0.669 bits per heavy atom. The fourth-order valence-corrected chi connectivity index (χ4v) is 16.0.